The lowest BCUT2D eigenvalue weighted by atomic mass is 9.64. The summed E-state index contributed by atoms with van der Waals surface area (Å²) in [6, 6.07) is 3.18. The van der Waals surface area contributed by atoms with Crippen LogP contribution in [-0.2, 0) is 5.41 Å². The number of benzene rings is 1. The standard InChI is InChI=1S/C11H12BrF2N/c12-8-3-2-7(9(13)10(8)14)11(6-15)4-1-5-11/h2-3H,1,4-6,15H2. The molecule has 0 radical (unpaired) electrons. The van der Waals surface area contributed by atoms with Gasteiger partial charge in [-0.05, 0) is 40.4 Å². The highest BCUT2D eigenvalue weighted by Crippen LogP contribution is 2.44. The van der Waals surface area contributed by atoms with E-state index in [4.69, 9.17) is 5.73 Å². The van der Waals surface area contributed by atoms with Gasteiger partial charge >= 0.3 is 0 Å². The van der Waals surface area contributed by atoms with Crippen LogP contribution in [0.2, 0.25) is 0 Å². The Bertz CT molecular complexity index is 383. The minimum absolute atomic E-state index is 0.162. The van der Waals surface area contributed by atoms with Crippen molar-refractivity contribution in [2.75, 3.05) is 6.54 Å². The first-order chi connectivity index (χ1) is 7.10. The second-order valence-corrected chi connectivity index (χ2v) is 4.92. The molecule has 15 heavy (non-hydrogen) atoms. The molecule has 0 amide bonds. The summed E-state index contributed by atoms with van der Waals surface area (Å²) in [5.74, 6) is -1.57. The van der Waals surface area contributed by atoms with Crippen LogP contribution in [-0.4, -0.2) is 6.54 Å². The van der Waals surface area contributed by atoms with Gasteiger partial charge in [0.1, 0.15) is 0 Å². The van der Waals surface area contributed by atoms with Crippen LogP contribution in [0.25, 0.3) is 0 Å². The number of nitrogens with two attached hydrogens (primary N) is 1. The monoisotopic (exact) mass is 275 g/mol. The molecule has 1 nitrogen and oxygen atoms in total. The molecule has 0 bridgehead atoms. The number of halogens is 3. The van der Waals surface area contributed by atoms with Crippen LogP contribution in [0.15, 0.2) is 16.6 Å². The molecule has 1 fully saturated rings. The highest BCUT2D eigenvalue weighted by molar-refractivity contribution is 9.10. The van der Waals surface area contributed by atoms with Crippen LogP contribution in [0.5, 0.6) is 0 Å². The third-order valence-corrected chi connectivity index (χ3v) is 3.92. The maximum atomic E-state index is 13.7. The van der Waals surface area contributed by atoms with E-state index in [9.17, 15) is 8.78 Å². The quantitative estimate of drug-likeness (QED) is 0.825. The molecule has 1 aliphatic rings. The van der Waals surface area contributed by atoms with Crippen molar-refractivity contribution in [1.29, 1.82) is 0 Å². The largest absolute Gasteiger partial charge is 0.330 e. The van der Waals surface area contributed by atoms with Gasteiger partial charge in [0.05, 0.1) is 4.47 Å². The van der Waals surface area contributed by atoms with Gasteiger partial charge in [0, 0.05) is 12.0 Å². The molecule has 82 valence electrons. The zero-order valence-corrected chi connectivity index (χ0v) is 9.78. The van der Waals surface area contributed by atoms with Gasteiger partial charge in [0.15, 0.2) is 11.6 Å². The molecule has 0 aliphatic heterocycles. The molecule has 0 aromatic heterocycles. The second kappa shape index (κ2) is 3.83. The topological polar surface area (TPSA) is 26.0 Å². The van der Waals surface area contributed by atoms with Gasteiger partial charge in [-0.1, -0.05) is 12.5 Å². The summed E-state index contributed by atoms with van der Waals surface area (Å²) in [7, 11) is 0. The van der Waals surface area contributed by atoms with Crippen molar-refractivity contribution in [3.05, 3.63) is 33.8 Å². The molecule has 1 aromatic carbocycles. The van der Waals surface area contributed by atoms with E-state index in [1.807, 2.05) is 0 Å². The molecule has 4 heteroatoms. The van der Waals surface area contributed by atoms with Gasteiger partial charge in [-0.15, -0.1) is 0 Å². The Labute approximate surface area is 95.8 Å². The summed E-state index contributed by atoms with van der Waals surface area (Å²) >= 11 is 2.96. The molecule has 0 saturated heterocycles. The number of rotatable bonds is 2. The fourth-order valence-electron chi connectivity index (χ4n) is 2.12. The van der Waals surface area contributed by atoms with E-state index in [1.54, 1.807) is 12.1 Å². The van der Waals surface area contributed by atoms with Crippen LogP contribution in [0.3, 0.4) is 0 Å². The normalized spacial score (nSPS) is 18.7. The Morgan fingerprint density at radius 2 is 1.93 bits per heavy atom. The molecule has 0 unspecified atom stereocenters. The van der Waals surface area contributed by atoms with E-state index < -0.39 is 11.6 Å². The number of hydrogen-bond acceptors (Lipinski definition) is 1. The molecule has 0 atom stereocenters. The Hall–Kier alpha value is -0.480. The van der Waals surface area contributed by atoms with Crippen molar-refractivity contribution < 1.29 is 8.78 Å². The summed E-state index contributed by atoms with van der Waals surface area (Å²) < 4.78 is 27.2. The van der Waals surface area contributed by atoms with E-state index in [0.29, 0.717) is 12.1 Å². The van der Waals surface area contributed by atoms with Gasteiger partial charge in [0.2, 0.25) is 0 Å². The van der Waals surface area contributed by atoms with Crippen molar-refractivity contribution in [2.45, 2.75) is 24.7 Å². The summed E-state index contributed by atoms with van der Waals surface area (Å²) in [5, 5.41) is 0. The highest BCUT2D eigenvalue weighted by atomic mass is 79.9. The molecular formula is C11H12BrF2N. The molecule has 1 aromatic rings. The lowest BCUT2D eigenvalue weighted by Crippen LogP contribution is -2.42. The molecular weight excluding hydrogens is 264 g/mol. The molecule has 2 N–H and O–H groups in total. The SMILES string of the molecule is NCC1(c2ccc(Br)c(F)c2F)CCC1. The Balaban J connectivity index is 2.49. The Kier molecular flexibility index (Phi) is 2.81. The first-order valence-electron chi connectivity index (χ1n) is 4.95. The fourth-order valence-corrected chi connectivity index (χ4v) is 2.43. The molecule has 2 rings (SSSR count). The van der Waals surface area contributed by atoms with E-state index >= 15 is 0 Å². The summed E-state index contributed by atoms with van der Waals surface area (Å²) in [4.78, 5) is 0. The van der Waals surface area contributed by atoms with Gasteiger partial charge in [0.25, 0.3) is 0 Å². The van der Waals surface area contributed by atoms with Crippen LogP contribution >= 0.6 is 15.9 Å². The van der Waals surface area contributed by atoms with Crippen LogP contribution in [0.4, 0.5) is 8.78 Å². The first-order valence-corrected chi connectivity index (χ1v) is 5.74. The Morgan fingerprint density at radius 3 is 2.40 bits per heavy atom. The van der Waals surface area contributed by atoms with Crippen molar-refractivity contribution in [3.8, 4) is 0 Å². The summed E-state index contributed by atoms with van der Waals surface area (Å²) in [6.45, 7) is 0.380. The van der Waals surface area contributed by atoms with E-state index in [-0.39, 0.29) is 9.89 Å². The summed E-state index contributed by atoms with van der Waals surface area (Å²) in [6.07, 6.45) is 2.73. The van der Waals surface area contributed by atoms with E-state index in [1.165, 1.54) is 0 Å². The molecule has 0 spiro atoms. The third kappa shape index (κ3) is 1.60. The zero-order chi connectivity index (χ0) is 11.1. The minimum atomic E-state index is -0.813. The first kappa shape index (κ1) is 11.0. The summed E-state index contributed by atoms with van der Waals surface area (Å²) in [5.41, 5.74) is 5.76. The van der Waals surface area contributed by atoms with Gasteiger partial charge in [-0.25, -0.2) is 8.78 Å². The predicted octanol–water partition coefficient (Wildman–Crippen LogP) is 3.11. The van der Waals surface area contributed by atoms with Crippen LogP contribution in [0.1, 0.15) is 24.8 Å². The average Bonchev–Trinajstić information content (AvgIpc) is 2.17. The second-order valence-electron chi connectivity index (χ2n) is 4.06. The number of hydrogen-bond donors (Lipinski definition) is 1. The van der Waals surface area contributed by atoms with Crippen molar-refractivity contribution in [3.63, 3.8) is 0 Å². The van der Waals surface area contributed by atoms with Gasteiger partial charge < -0.3 is 5.73 Å². The molecule has 1 saturated carbocycles. The molecule has 0 heterocycles. The average molecular weight is 276 g/mol. The minimum Gasteiger partial charge on any atom is -0.330 e. The maximum absolute atomic E-state index is 13.7. The fraction of sp³-hybridized carbons (Fsp3) is 0.455. The van der Waals surface area contributed by atoms with Crippen molar-refractivity contribution in [2.24, 2.45) is 5.73 Å². The maximum Gasteiger partial charge on any atom is 0.173 e. The van der Waals surface area contributed by atoms with E-state index in [2.05, 4.69) is 15.9 Å². The van der Waals surface area contributed by atoms with Crippen molar-refractivity contribution in [1.82, 2.24) is 0 Å². The molecule has 1 aliphatic carbocycles. The van der Waals surface area contributed by atoms with Crippen LogP contribution in [0, 0.1) is 11.6 Å². The van der Waals surface area contributed by atoms with Crippen LogP contribution < -0.4 is 5.73 Å². The lowest BCUT2D eigenvalue weighted by Gasteiger charge is -2.41. The predicted molar refractivity (Wildman–Crippen MR) is 58.6 cm³/mol. The van der Waals surface area contributed by atoms with Gasteiger partial charge in [-0.3, -0.25) is 0 Å². The lowest BCUT2D eigenvalue weighted by molar-refractivity contribution is 0.242. The highest BCUT2D eigenvalue weighted by Gasteiger charge is 2.40. The zero-order valence-electron chi connectivity index (χ0n) is 8.19. The third-order valence-electron chi connectivity index (χ3n) is 3.31. The smallest absolute Gasteiger partial charge is 0.173 e. The van der Waals surface area contributed by atoms with Crippen molar-refractivity contribution >= 4 is 15.9 Å². The van der Waals surface area contributed by atoms with Gasteiger partial charge in [-0.2, -0.15) is 0 Å². The van der Waals surface area contributed by atoms with E-state index in [0.717, 1.165) is 19.3 Å². The Morgan fingerprint density at radius 1 is 1.27 bits per heavy atom.